The van der Waals surface area contributed by atoms with Gasteiger partial charge in [-0.3, -0.25) is 0 Å². The summed E-state index contributed by atoms with van der Waals surface area (Å²) < 4.78 is 32.5. The lowest BCUT2D eigenvalue weighted by molar-refractivity contribution is 0.283. The van der Waals surface area contributed by atoms with Gasteiger partial charge in [0.25, 0.3) is 0 Å². The standard InChI is InChI=1S/C12H18BrNO4S/c1-18-11-6-5-10(13)9-12(11)19(16,17)14-7-3-2-4-8-15/h5-6,9,14-15H,2-4,7-8H2,1H3. The third kappa shape index (κ3) is 5.10. The fourth-order valence-corrected chi connectivity index (χ4v) is 3.34. The van der Waals surface area contributed by atoms with Crippen molar-refractivity contribution in [2.45, 2.75) is 24.2 Å². The molecule has 7 heteroatoms. The Morgan fingerprint density at radius 3 is 2.68 bits per heavy atom. The van der Waals surface area contributed by atoms with Gasteiger partial charge in [0, 0.05) is 17.6 Å². The minimum atomic E-state index is -3.58. The van der Waals surface area contributed by atoms with Crippen LogP contribution >= 0.6 is 15.9 Å². The maximum Gasteiger partial charge on any atom is 0.244 e. The van der Waals surface area contributed by atoms with E-state index in [1.54, 1.807) is 12.1 Å². The van der Waals surface area contributed by atoms with Crippen LogP contribution in [0.4, 0.5) is 0 Å². The van der Waals surface area contributed by atoms with E-state index in [1.807, 2.05) is 0 Å². The van der Waals surface area contributed by atoms with E-state index in [2.05, 4.69) is 20.7 Å². The van der Waals surface area contributed by atoms with E-state index in [4.69, 9.17) is 9.84 Å². The van der Waals surface area contributed by atoms with Gasteiger partial charge < -0.3 is 9.84 Å². The average molecular weight is 352 g/mol. The molecular weight excluding hydrogens is 334 g/mol. The molecule has 1 rings (SSSR count). The molecule has 0 radical (unpaired) electrons. The van der Waals surface area contributed by atoms with Crippen molar-refractivity contribution >= 4 is 26.0 Å². The van der Waals surface area contributed by atoms with Crippen molar-refractivity contribution in [3.63, 3.8) is 0 Å². The topological polar surface area (TPSA) is 75.6 Å². The Morgan fingerprint density at radius 2 is 2.05 bits per heavy atom. The zero-order chi connectivity index (χ0) is 14.3. The number of hydrogen-bond donors (Lipinski definition) is 2. The van der Waals surface area contributed by atoms with Crippen LogP contribution in [0.5, 0.6) is 5.75 Å². The first-order chi connectivity index (χ1) is 9.01. The van der Waals surface area contributed by atoms with Gasteiger partial charge in [-0.15, -0.1) is 0 Å². The molecule has 0 aliphatic rings. The van der Waals surface area contributed by atoms with Crippen LogP contribution in [0.2, 0.25) is 0 Å². The fraction of sp³-hybridized carbons (Fsp3) is 0.500. The largest absolute Gasteiger partial charge is 0.495 e. The normalized spacial score (nSPS) is 11.5. The molecule has 0 saturated carbocycles. The quantitative estimate of drug-likeness (QED) is 0.701. The molecule has 1 aromatic rings. The molecule has 0 aliphatic heterocycles. The zero-order valence-electron chi connectivity index (χ0n) is 10.7. The Bertz CT molecular complexity index is 504. The number of aliphatic hydroxyl groups is 1. The number of methoxy groups -OCH3 is 1. The highest BCUT2D eigenvalue weighted by Gasteiger charge is 2.19. The second-order valence-corrected chi connectivity index (χ2v) is 6.63. The lowest BCUT2D eigenvalue weighted by Crippen LogP contribution is -2.25. The summed E-state index contributed by atoms with van der Waals surface area (Å²) in [6, 6.07) is 4.83. The SMILES string of the molecule is COc1ccc(Br)cc1S(=O)(=O)NCCCCCO. The van der Waals surface area contributed by atoms with Crippen LogP contribution in [-0.2, 0) is 10.0 Å². The first kappa shape index (κ1) is 16.4. The van der Waals surface area contributed by atoms with Crippen molar-refractivity contribution in [3.8, 4) is 5.75 Å². The summed E-state index contributed by atoms with van der Waals surface area (Å²) in [5.41, 5.74) is 0. The second-order valence-electron chi connectivity index (χ2n) is 3.98. The first-order valence-electron chi connectivity index (χ1n) is 5.95. The van der Waals surface area contributed by atoms with E-state index in [9.17, 15) is 8.42 Å². The van der Waals surface area contributed by atoms with Crippen LogP contribution in [0.15, 0.2) is 27.6 Å². The molecule has 0 spiro atoms. The minimum absolute atomic E-state index is 0.117. The van der Waals surface area contributed by atoms with Gasteiger partial charge >= 0.3 is 0 Å². The highest BCUT2D eigenvalue weighted by Crippen LogP contribution is 2.26. The molecule has 108 valence electrons. The maximum absolute atomic E-state index is 12.1. The minimum Gasteiger partial charge on any atom is -0.495 e. The second kappa shape index (κ2) is 7.84. The summed E-state index contributed by atoms with van der Waals surface area (Å²) in [5, 5.41) is 8.64. The molecular formula is C12H18BrNO4S. The number of nitrogens with one attached hydrogen (secondary N) is 1. The number of unbranched alkanes of at least 4 members (excludes halogenated alkanes) is 2. The van der Waals surface area contributed by atoms with Crippen LogP contribution in [0.25, 0.3) is 0 Å². The van der Waals surface area contributed by atoms with Crippen molar-refractivity contribution in [3.05, 3.63) is 22.7 Å². The number of hydrogen-bond acceptors (Lipinski definition) is 4. The van der Waals surface area contributed by atoms with Gasteiger partial charge in [0.1, 0.15) is 10.6 Å². The predicted octanol–water partition coefficient (Wildman–Crippen LogP) is 1.90. The summed E-state index contributed by atoms with van der Waals surface area (Å²) in [7, 11) is -2.15. The van der Waals surface area contributed by atoms with Crippen molar-refractivity contribution < 1.29 is 18.3 Å². The first-order valence-corrected chi connectivity index (χ1v) is 8.23. The Morgan fingerprint density at radius 1 is 1.32 bits per heavy atom. The summed E-state index contributed by atoms with van der Waals surface area (Å²) in [6.07, 6.45) is 2.16. The molecule has 0 atom stereocenters. The summed E-state index contributed by atoms with van der Waals surface area (Å²) in [6.45, 7) is 0.476. The molecule has 0 unspecified atom stereocenters. The third-order valence-corrected chi connectivity index (χ3v) is 4.52. The highest BCUT2D eigenvalue weighted by atomic mass is 79.9. The lowest BCUT2D eigenvalue weighted by Gasteiger charge is -2.11. The molecule has 0 aromatic heterocycles. The smallest absolute Gasteiger partial charge is 0.244 e. The van der Waals surface area contributed by atoms with E-state index in [0.717, 1.165) is 6.42 Å². The Hall–Kier alpha value is -0.630. The van der Waals surface area contributed by atoms with Gasteiger partial charge in [-0.2, -0.15) is 0 Å². The zero-order valence-corrected chi connectivity index (χ0v) is 13.1. The van der Waals surface area contributed by atoms with Gasteiger partial charge in [0.05, 0.1) is 7.11 Å². The number of rotatable bonds is 8. The molecule has 0 amide bonds. The summed E-state index contributed by atoms with van der Waals surface area (Å²) in [4.78, 5) is 0.117. The van der Waals surface area contributed by atoms with E-state index >= 15 is 0 Å². The number of halogens is 1. The van der Waals surface area contributed by atoms with Crippen molar-refractivity contribution in [2.75, 3.05) is 20.3 Å². The monoisotopic (exact) mass is 351 g/mol. The Balaban J connectivity index is 2.74. The van der Waals surface area contributed by atoms with Crippen molar-refractivity contribution in [1.29, 1.82) is 0 Å². The van der Waals surface area contributed by atoms with Crippen molar-refractivity contribution in [1.82, 2.24) is 4.72 Å². The van der Waals surface area contributed by atoms with Gasteiger partial charge in [-0.25, -0.2) is 13.1 Å². The van der Waals surface area contributed by atoms with Gasteiger partial charge in [0.2, 0.25) is 10.0 Å². The Labute approximate surface area is 122 Å². The number of aliphatic hydroxyl groups excluding tert-OH is 1. The number of benzene rings is 1. The number of ether oxygens (including phenoxy) is 1. The molecule has 0 aliphatic carbocycles. The fourth-order valence-electron chi connectivity index (χ4n) is 1.56. The van der Waals surface area contributed by atoms with Crippen LogP contribution in [-0.4, -0.2) is 33.8 Å². The molecule has 2 N–H and O–H groups in total. The molecule has 1 aromatic carbocycles. The van der Waals surface area contributed by atoms with Gasteiger partial charge in [0.15, 0.2) is 0 Å². The van der Waals surface area contributed by atoms with Crippen LogP contribution in [0, 0.1) is 0 Å². The summed E-state index contributed by atoms with van der Waals surface area (Å²) >= 11 is 3.24. The van der Waals surface area contributed by atoms with Crippen LogP contribution < -0.4 is 9.46 Å². The molecule has 19 heavy (non-hydrogen) atoms. The average Bonchev–Trinajstić information content (AvgIpc) is 2.38. The molecule has 0 bridgehead atoms. The molecule has 0 fully saturated rings. The summed E-state index contributed by atoms with van der Waals surface area (Å²) in [5.74, 6) is 0.311. The van der Waals surface area contributed by atoms with Crippen molar-refractivity contribution in [2.24, 2.45) is 0 Å². The van der Waals surface area contributed by atoms with Crippen LogP contribution in [0.1, 0.15) is 19.3 Å². The van der Waals surface area contributed by atoms with Crippen LogP contribution in [0.3, 0.4) is 0 Å². The highest BCUT2D eigenvalue weighted by molar-refractivity contribution is 9.10. The number of sulfonamides is 1. The molecule has 0 heterocycles. The van der Waals surface area contributed by atoms with E-state index in [-0.39, 0.29) is 11.5 Å². The van der Waals surface area contributed by atoms with E-state index < -0.39 is 10.0 Å². The lowest BCUT2D eigenvalue weighted by atomic mass is 10.2. The van der Waals surface area contributed by atoms with Gasteiger partial charge in [-0.1, -0.05) is 15.9 Å². The van der Waals surface area contributed by atoms with E-state index in [0.29, 0.717) is 29.6 Å². The predicted molar refractivity (Wildman–Crippen MR) is 76.8 cm³/mol. The molecule has 5 nitrogen and oxygen atoms in total. The third-order valence-electron chi connectivity index (χ3n) is 2.54. The van der Waals surface area contributed by atoms with Gasteiger partial charge in [-0.05, 0) is 37.5 Å². The Kier molecular flexibility index (Phi) is 6.78. The van der Waals surface area contributed by atoms with E-state index in [1.165, 1.54) is 13.2 Å². The maximum atomic E-state index is 12.1. The molecule has 0 saturated heterocycles.